The maximum Gasteiger partial charge on any atom is 0.137 e. The van der Waals surface area contributed by atoms with Gasteiger partial charge in [-0.05, 0) is 105 Å². The molecular weight excluding hydrogens is 693 g/mol. The van der Waals surface area contributed by atoms with Crippen molar-refractivity contribution in [3.63, 3.8) is 0 Å². The zero-order chi connectivity index (χ0) is 38.0. The Bertz CT molecular complexity index is 3020. The first kappa shape index (κ1) is 33.9. The third kappa shape index (κ3) is 6.84. The van der Waals surface area contributed by atoms with Crippen LogP contribution in [0.25, 0.3) is 77.6 Å². The number of furan rings is 1. The van der Waals surface area contributed by atoms with Crippen LogP contribution in [0.2, 0.25) is 0 Å². The summed E-state index contributed by atoms with van der Waals surface area (Å²) >= 11 is 0. The molecule has 2 N–H and O–H groups in total. The van der Waals surface area contributed by atoms with Gasteiger partial charge in [-0.1, -0.05) is 158 Å². The van der Waals surface area contributed by atoms with Crippen molar-refractivity contribution in [2.75, 3.05) is 10.6 Å². The fraction of sp³-hybridized carbons (Fsp3) is 0. The van der Waals surface area contributed by atoms with Crippen LogP contribution in [0.1, 0.15) is 0 Å². The van der Waals surface area contributed by atoms with E-state index in [-0.39, 0.29) is 0 Å². The smallest absolute Gasteiger partial charge is 0.137 e. The summed E-state index contributed by atoms with van der Waals surface area (Å²) < 4.78 is 6.39. The first-order chi connectivity index (χ1) is 28.2. The molecule has 0 saturated heterocycles. The number of benzene rings is 9. The quantitative estimate of drug-likeness (QED) is 0.155. The Morgan fingerprint density at radius 1 is 0.298 bits per heavy atom. The molecule has 270 valence electrons. The molecule has 9 aromatic carbocycles. The summed E-state index contributed by atoms with van der Waals surface area (Å²) in [6.45, 7) is 0. The first-order valence-corrected chi connectivity index (χ1v) is 19.3. The molecule has 0 spiro atoms. The molecule has 0 fully saturated rings. The van der Waals surface area contributed by atoms with Crippen molar-refractivity contribution in [1.82, 2.24) is 0 Å². The lowest BCUT2D eigenvalue weighted by Crippen LogP contribution is -1.95. The van der Waals surface area contributed by atoms with Crippen molar-refractivity contribution in [2.45, 2.75) is 0 Å². The molecule has 1 heterocycles. The van der Waals surface area contributed by atoms with Gasteiger partial charge < -0.3 is 15.1 Å². The minimum atomic E-state index is 0.851. The predicted octanol–water partition coefficient (Wildman–Crippen LogP) is 15.4. The van der Waals surface area contributed by atoms with Gasteiger partial charge in [0.2, 0.25) is 0 Å². The van der Waals surface area contributed by atoms with Gasteiger partial charge in [-0.2, -0.15) is 0 Å². The first-order valence-electron chi connectivity index (χ1n) is 19.3. The zero-order valence-electron chi connectivity index (χ0n) is 31.2. The zero-order valence-corrected chi connectivity index (χ0v) is 31.2. The molecule has 0 unspecified atom stereocenters. The van der Waals surface area contributed by atoms with E-state index in [0.717, 1.165) is 83.6 Å². The average Bonchev–Trinajstić information content (AvgIpc) is 3.67. The Kier molecular flexibility index (Phi) is 8.86. The minimum absolute atomic E-state index is 0.851. The summed E-state index contributed by atoms with van der Waals surface area (Å²) in [6, 6.07) is 77.0. The van der Waals surface area contributed by atoms with Crippen LogP contribution < -0.4 is 10.6 Å². The third-order valence-electron chi connectivity index (χ3n) is 10.6. The highest BCUT2D eigenvalue weighted by Gasteiger charge is 2.18. The van der Waals surface area contributed by atoms with Gasteiger partial charge in [0.15, 0.2) is 0 Å². The van der Waals surface area contributed by atoms with Crippen LogP contribution in [-0.4, -0.2) is 0 Å². The molecular formula is C54H38N2O. The molecule has 10 aromatic rings. The number of hydrogen-bond acceptors (Lipinski definition) is 3. The van der Waals surface area contributed by atoms with Crippen LogP contribution in [0.15, 0.2) is 223 Å². The Morgan fingerprint density at radius 3 is 1.46 bits per heavy atom. The minimum Gasteiger partial charge on any atom is -0.456 e. The van der Waals surface area contributed by atoms with Crippen molar-refractivity contribution in [2.24, 2.45) is 0 Å². The highest BCUT2D eigenvalue weighted by Crippen LogP contribution is 2.43. The third-order valence-corrected chi connectivity index (χ3v) is 10.6. The summed E-state index contributed by atoms with van der Waals surface area (Å²) in [5, 5.41) is 9.74. The normalized spacial score (nSPS) is 11.2. The number of para-hydroxylation sites is 2. The monoisotopic (exact) mass is 730 g/mol. The standard InChI is InChI=1S/C54H38N2O/c1-3-15-37(16-4-1)41-21-13-25-45(35-41)55-50-29-9-7-27-47(50)43-23-11-19-39(33-43)40-20-12-24-44(34-40)48-31-32-52-53(49-28-8-10-30-51(49)57-52)54(48)56-46-26-14-22-42(36-46)38-17-5-2-6-18-38/h1-36,55-56H. The van der Waals surface area contributed by atoms with Crippen LogP contribution in [-0.2, 0) is 0 Å². The van der Waals surface area contributed by atoms with E-state index < -0.39 is 0 Å². The number of anilines is 4. The lowest BCUT2D eigenvalue weighted by molar-refractivity contribution is 0.669. The van der Waals surface area contributed by atoms with Crippen LogP contribution in [0.3, 0.4) is 0 Å². The Balaban J connectivity index is 1.02. The molecule has 0 aliphatic heterocycles. The van der Waals surface area contributed by atoms with Crippen LogP contribution >= 0.6 is 0 Å². The molecule has 10 rings (SSSR count). The van der Waals surface area contributed by atoms with Gasteiger partial charge >= 0.3 is 0 Å². The fourth-order valence-corrected chi connectivity index (χ4v) is 7.88. The second-order valence-electron chi connectivity index (χ2n) is 14.3. The molecule has 0 amide bonds. The summed E-state index contributed by atoms with van der Waals surface area (Å²) in [6.07, 6.45) is 0. The van der Waals surface area contributed by atoms with Gasteiger partial charge in [-0.3, -0.25) is 0 Å². The Labute approximate surface area is 332 Å². The molecule has 0 aliphatic rings. The molecule has 0 bridgehead atoms. The Morgan fingerprint density at radius 2 is 0.789 bits per heavy atom. The molecule has 0 aliphatic carbocycles. The van der Waals surface area contributed by atoms with E-state index in [1.807, 2.05) is 12.1 Å². The number of hydrogen-bond donors (Lipinski definition) is 2. The summed E-state index contributed by atoms with van der Waals surface area (Å²) in [5.74, 6) is 0. The number of nitrogens with one attached hydrogen (secondary N) is 2. The van der Waals surface area contributed by atoms with Gasteiger partial charge in [0, 0.05) is 33.6 Å². The van der Waals surface area contributed by atoms with Gasteiger partial charge in [-0.25, -0.2) is 0 Å². The van der Waals surface area contributed by atoms with Crippen LogP contribution in [0.4, 0.5) is 22.7 Å². The van der Waals surface area contributed by atoms with Crippen molar-refractivity contribution in [3.05, 3.63) is 218 Å². The van der Waals surface area contributed by atoms with E-state index in [4.69, 9.17) is 4.42 Å². The summed E-state index contributed by atoms with van der Waals surface area (Å²) in [5.41, 5.74) is 17.4. The Hall–Kier alpha value is -7.62. The second kappa shape index (κ2) is 14.9. The van der Waals surface area contributed by atoms with Crippen molar-refractivity contribution in [1.29, 1.82) is 0 Å². The molecule has 3 nitrogen and oxygen atoms in total. The number of fused-ring (bicyclic) bond motifs is 3. The van der Waals surface area contributed by atoms with E-state index in [9.17, 15) is 0 Å². The SMILES string of the molecule is c1ccc(-c2cccc(Nc3ccccc3-c3cccc(-c4cccc(-c5ccc6oc7ccccc7c6c5Nc5cccc(-c6ccccc6)c5)c4)c3)c2)cc1. The molecule has 0 radical (unpaired) electrons. The van der Waals surface area contributed by atoms with Gasteiger partial charge in [0.25, 0.3) is 0 Å². The predicted molar refractivity (Wildman–Crippen MR) is 240 cm³/mol. The van der Waals surface area contributed by atoms with Crippen LogP contribution in [0.5, 0.6) is 0 Å². The molecule has 57 heavy (non-hydrogen) atoms. The number of rotatable bonds is 9. The van der Waals surface area contributed by atoms with E-state index in [2.05, 4.69) is 217 Å². The highest BCUT2D eigenvalue weighted by molar-refractivity contribution is 6.15. The summed E-state index contributed by atoms with van der Waals surface area (Å²) in [7, 11) is 0. The van der Waals surface area contributed by atoms with Crippen LogP contribution in [0, 0.1) is 0 Å². The molecule has 0 atom stereocenters. The fourth-order valence-electron chi connectivity index (χ4n) is 7.88. The van der Waals surface area contributed by atoms with E-state index >= 15 is 0 Å². The van der Waals surface area contributed by atoms with Gasteiger partial charge in [-0.15, -0.1) is 0 Å². The topological polar surface area (TPSA) is 37.2 Å². The van der Waals surface area contributed by atoms with Crippen molar-refractivity contribution in [3.8, 4) is 55.6 Å². The van der Waals surface area contributed by atoms with Gasteiger partial charge in [0.1, 0.15) is 11.2 Å². The highest BCUT2D eigenvalue weighted by atomic mass is 16.3. The maximum atomic E-state index is 6.39. The molecule has 3 heteroatoms. The average molecular weight is 731 g/mol. The lowest BCUT2D eigenvalue weighted by atomic mass is 9.94. The van der Waals surface area contributed by atoms with E-state index in [1.165, 1.54) is 16.7 Å². The molecule has 0 saturated carbocycles. The second-order valence-corrected chi connectivity index (χ2v) is 14.3. The van der Waals surface area contributed by atoms with E-state index in [0.29, 0.717) is 0 Å². The summed E-state index contributed by atoms with van der Waals surface area (Å²) in [4.78, 5) is 0. The largest absolute Gasteiger partial charge is 0.456 e. The van der Waals surface area contributed by atoms with E-state index in [1.54, 1.807) is 0 Å². The maximum absolute atomic E-state index is 6.39. The van der Waals surface area contributed by atoms with Gasteiger partial charge in [0.05, 0.1) is 11.1 Å². The lowest BCUT2D eigenvalue weighted by Gasteiger charge is -2.16. The van der Waals surface area contributed by atoms with Crippen molar-refractivity contribution < 1.29 is 4.42 Å². The van der Waals surface area contributed by atoms with Crippen molar-refractivity contribution >= 4 is 44.7 Å². The molecule has 1 aromatic heterocycles.